The first-order valence-corrected chi connectivity index (χ1v) is 8.22. The number of carbonyl (C=O) groups excluding carboxylic acids is 1. The van der Waals surface area contributed by atoms with Gasteiger partial charge in [0.1, 0.15) is 10.9 Å². The maximum Gasteiger partial charge on any atom is 0.270 e. The van der Waals surface area contributed by atoms with Crippen molar-refractivity contribution in [1.82, 2.24) is 4.31 Å². The summed E-state index contributed by atoms with van der Waals surface area (Å²) in [5.74, 6) is -0.322. The Balaban J connectivity index is 2.69. The molecule has 1 amide bonds. The number of halogens is 1. The Hall–Kier alpha value is -1.07. The zero-order valence-corrected chi connectivity index (χ0v) is 12.5. The second-order valence-corrected chi connectivity index (χ2v) is 6.58. The number of rotatable bonds is 4. The van der Waals surface area contributed by atoms with Gasteiger partial charge in [0.25, 0.3) is 15.9 Å². The molecule has 0 atom stereocenters. The van der Waals surface area contributed by atoms with Crippen molar-refractivity contribution in [3.05, 3.63) is 29.3 Å². The molecule has 1 aromatic rings. The van der Waals surface area contributed by atoms with E-state index in [9.17, 15) is 13.2 Å². The minimum Gasteiger partial charge on any atom is -0.268 e. The Morgan fingerprint density at radius 3 is 2.42 bits per heavy atom. The molecule has 1 aliphatic heterocycles. The van der Waals surface area contributed by atoms with E-state index in [0.29, 0.717) is 5.56 Å². The van der Waals surface area contributed by atoms with Gasteiger partial charge < -0.3 is 0 Å². The second kappa shape index (κ2) is 5.13. The van der Waals surface area contributed by atoms with Crippen molar-refractivity contribution in [2.45, 2.75) is 37.5 Å². The van der Waals surface area contributed by atoms with E-state index in [0.717, 1.165) is 22.7 Å². The van der Waals surface area contributed by atoms with Crippen LogP contribution in [0.1, 0.15) is 48.5 Å². The molecule has 0 spiro atoms. The van der Waals surface area contributed by atoms with Crippen molar-refractivity contribution in [1.29, 1.82) is 0 Å². The fourth-order valence-corrected chi connectivity index (χ4v) is 4.41. The van der Waals surface area contributed by atoms with Crippen LogP contribution in [0.4, 0.5) is 0 Å². The Morgan fingerprint density at radius 1 is 1.26 bits per heavy atom. The number of benzene rings is 1. The summed E-state index contributed by atoms with van der Waals surface area (Å²) in [6, 6.07) is 4.65. The van der Waals surface area contributed by atoms with E-state index in [-0.39, 0.29) is 16.8 Å². The van der Waals surface area contributed by atoms with Crippen LogP contribution in [0.2, 0.25) is 0 Å². The second-order valence-electron chi connectivity index (χ2n) is 4.51. The van der Waals surface area contributed by atoms with E-state index in [1.54, 1.807) is 6.07 Å². The highest BCUT2D eigenvalue weighted by atomic mass is 35.5. The number of sulfonamides is 1. The minimum absolute atomic E-state index is 0.0857. The average molecular weight is 302 g/mol. The van der Waals surface area contributed by atoms with Crippen LogP contribution >= 0.6 is 11.6 Å². The highest BCUT2D eigenvalue weighted by molar-refractivity contribution is 7.90. The molecule has 0 radical (unpaired) electrons. The number of amides is 1. The minimum atomic E-state index is -3.77. The van der Waals surface area contributed by atoms with E-state index in [1.807, 2.05) is 19.9 Å². The number of fused-ring (bicyclic) bond motifs is 1. The zero-order chi connectivity index (χ0) is 14.2. The lowest BCUT2D eigenvalue weighted by Gasteiger charge is -2.15. The highest BCUT2D eigenvalue weighted by Gasteiger charge is 2.42. The van der Waals surface area contributed by atoms with Crippen molar-refractivity contribution in [3.8, 4) is 0 Å². The quantitative estimate of drug-likeness (QED) is 0.634. The van der Waals surface area contributed by atoms with Crippen LogP contribution in [0.15, 0.2) is 23.1 Å². The molecule has 1 aromatic carbocycles. The van der Waals surface area contributed by atoms with Gasteiger partial charge in [0.05, 0.1) is 5.56 Å². The molecule has 0 unspecified atom stereocenters. The normalized spacial score (nSPS) is 17.1. The van der Waals surface area contributed by atoms with Crippen LogP contribution in [-0.2, 0) is 10.0 Å². The lowest BCUT2D eigenvalue weighted by Crippen LogP contribution is -2.28. The van der Waals surface area contributed by atoms with Crippen molar-refractivity contribution in [2.24, 2.45) is 0 Å². The first-order chi connectivity index (χ1) is 8.98. The van der Waals surface area contributed by atoms with Crippen LogP contribution in [0.25, 0.3) is 0 Å². The summed E-state index contributed by atoms with van der Waals surface area (Å²) < 4.78 is 25.1. The number of hydrogen-bond acceptors (Lipinski definition) is 3. The fraction of sp³-hybridized carbons (Fsp3) is 0.462. The van der Waals surface area contributed by atoms with Gasteiger partial charge in [-0.2, -0.15) is 0 Å². The predicted octanol–water partition coefficient (Wildman–Crippen LogP) is 2.93. The first-order valence-electron chi connectivity index (χ1n) is 6.24. The Morgan fingerprint density at radius 2 is 1.89 bits per heavy atom. The summed E-state index contributed by atoms with van der Waals surface area (Å²) in [7, 11) is -3.77. The third-order valence-corrected chi connectivity index (χ3v) is 5.75. The molecule has 0 aliphatic carbocycles. The molecule has 1 heterocycles. The van der Waals surface area contributed by atoms with Crippen molar-refractivity contribution >= 4 is 27.5 Å². The lowest BCUT2D eigenvalue weighted by molar-refractivity contribution is 0.0884. The summed E-state index contributed by atoms with van der Waals surface area (Å²) in [5.41, 5.74) is 1.11. The Bertz CT molecular complexity index is 608. The predicted molar refractivity (Wildman–Crippen MR) is 73.8 cm³/mol. The van der Waals surface area contributed by atoms with Gasteiger partial charge in [-0.25, -0.2) is 12.7 Å². The largest absolute Gasteiger partial charge is 0.270 e. The van der Waals surface area contributed by atoms with Crippen LogP contribution < -0.4 is 0 Å². The van der Waals surface area contributed by atoms with E-state index >= 15 is 0 Å². The van der Waals surface area contributed by atoms with Gasteiger partial charge in [-0.05, 0) is 30.4 Å². The van der Waals surface area contributed by atoms with Gasteiger partial charge >= 0.3 is 0 Å². The molecule has 6 heteroatoms. The summed E-state index contributed by atoms with van der Waals surface area (Å²) in [4.78, 5) is 12.3. The molecule has 19 heavy (non-hydrogen) atoms. The van der Waals surface area contributed by atoms with Gasteiger partial charge in [-0.3, -0.25) is 4.79 Å². The first kappa shape index (κ1) is 14.3. The van der Waals surface area contributed by atoms with Crippen LogP contribution in [0, 0.1) is 0 Å². The molecule has 4 nitrogen and oxygen atoms in total. The van der Waals surface area contributed by atoms with Crippen molar-refractivity contribution < 1.29 is 13.2 Å². The van der Waals surface area contributed by atoms with Crippen LogP contribution in [0.5, 0.6) is 0 Å². The molecule has 0 saturated carbocycles. The fourth-order valence-electron chi connectivity index (χ4n) is 2.53. The lowest BCUT2D eigenvalue weighted by atomic mass is 9.90. The Labute approximate surface area is 118 Å². The maximum absolute atomic E-state index is 12.3. The summed E-state index contributed by atoms with van der Waals surface area (Å²) in [6.45, 7) is 4.06. The summed E-state index contributed by atoms with van der Waals surface area (Å²) in [5, 5.41) is 0. The molecule has 2 rings (SSSR count). The summed E-state index contributed by atoms with van der Waals surface area (Å²) in [6.07, 6.45) is 1.72. The molecule has 0 bridgehead atoms. The third-order valence-electron chi connectivity index (χ3n) is 3.60. The topological polar surface area (TPSA) is 54.5 Å². The third kappa shape index (κ3) is 2.05. The maximum atomic E-state index is 12.3. The number of nitrogens with zero attached hydrogens (tertiary/aromatic N) is 1. The van der Waals surface area contributed by atoms with Gasteiger partial charge in [0.2, 0.25) is 0 Å². The number of carbonyl (C=O) groups is 1. The summed E-state index contributed by atoms with van der Waals surface area (Å²) >= 11 is 5.60. The monoisotopic (exact) mass is 301 g/mol. The zero-order valence-electron chi connectivity index (χ0n) is 10.9. The van der Waals surface area contributed by atoms with Gasteiger partial charge in [-0.15, -0.1) is 11.6 Å². The van der Waals surface area contributed by atoms with E-state index in [1.165, 1.54) is 6.07 Å². The van der Waals surface area contributed by atoms with E-state index < -0.39 is 15.9 Å². The SMILES string of the molecule is CCC(CC)c1cccc2c1C(=O)N(CCl)S2(=O)=O. The van der Waals surface area contributed by atoms with Gasteiger partial charge in [0, 0.05) is 0 Å². The molecule has 104 valence electrons. The van der Waals surface area contributed by atoms with E-state index in [4.69, 9.17) is 11.6 Å². The van der Waals surface area contributed by atoms with Crippen molar-refractivity contribution in [2.75, 3.05) is 6.00 Å². The molecule has 0 N–H and O–H groups in total. The highest BCUT2D eigenvalue weighted by Crippen LogP contribution is 2.37. The average Bonchev–Trinajstić information content (AvgIpc) is 2.59. The van der Waals surface area contributed by atoms with Crippen molar-refractivity contribution in [3.63, 3.8) is 0 Å². The number of hydrogen-bond donors (Lipinski definition) is 0. The molecule has 0 fully saturated rings. The molecule has 0 aromatic heterocycles. The number of alkyl halides is 1. The van der Waals surface area contributed by atoms with Gasteiger partial charge in [0.15, 0.2) is 0 Å². The van der Waals surface area contributed by atoms with Crippen LogP contribution in [0.3, 0.4) is 0 Å². The standard InChI is InChI=1S/C13H16ClNO3S/c1-3-9(4-2)10-6-5-7-11-12(10)13(16)15(8-14)19(11,17)18/h5-7,9H,3-4,8H2,1-2H3. The van der Waals surface area contributed by atoms with Crippen LogP contribution in [-0.4, -0.2) is 24.6 Å². The van der Waals surface area contributed by atoms with Gasteiger partial charge in [-0.1, -0.05) is 26.0 Å². The van der Waals surface area contributed by atoms with E-state index in [2.05, 4.69) is 0 Å². The molecule has 1 aliphatic rings. The Kier molecular flexibility index (Phi) is 3.87. The smallest absolute Gasteiger partial charge is 0.268 e. The molecular formula is C13H16ClNO3S. The molecule has 0 saturated heterocycles. The molecular weight excluding hydrogens is 286 g/mol.